The Labute approximate surface area is 96.6 Å². The average molecular weight is 227 g/mol. The number of hydrogen-bond acceptors (Lipinski definition) is 4. The number of nitrogen functional groups attached to an aromatic ring is 1. The van der Waals surface area contributed by atoms with Crippen LogP contribution in [0.4, 0.5) is 5.69 Å². The summed E-state index contributed by atoms with van der Waals surface area (Å²) in [5.41, 5.74) is 10.5. The van der Waals surface area contributed by atoms with Crippen molar-refractivity contribution in [1.82, 2.24) is 9.97 Å². The highest BCUT2D eigenvalue weighted by Crippen LogP contribution is 2.34. The number of nitrogens with zero attached hydrogens (tertiary/aromatic N) is 2. The molecular formula is C12H9N3S. The summed E-state index contributed by atoms with van der Waals surface area (Å²) in [6.45, 7) is 0. The lowest BCUT2D eigenvalue weighted by Gasteiger charge is -2.06. The van der Waals surface area contributed by atoms with Crippen molar-refractivity contribution in [3.63, 3.8) is 0 Å². The molecule has 16 heavy (non-hydrogen) atoms. The molecule has 2 N–H and O–H groups in total. The van der Waals surface area contributed by atoms with Crippen LogP contribution in [0, 0.1) is 0 Å². The van der Waals surface area contributed by atoms with Crippen molar-refractivity contribution in [2.45, 2.75) is 0 Å². The third-order valence-corrected chi connectivity index (χ3v) is 3.27. The molecule has 0 unspecified atom stereocenters. The van der Waals surface area contributed by atoms with Gasteiger partial charge < -0.3 is 5.73 Å². The standard InChI is InChI=1S/C12H9N3S/c13-9-5-15-10-4-2-1-3-8(10)12(9)11-6-14-7-16-11/h1-7H,13H2. The molecule has 3 nitrogen and oxygen atoms in total. The molecule has 4 heteroatoms. The van der Waals surface area contributed by atoms with Crippen molar-refractivity contribution in [2.75, 3.05) is 5.73 Å². The maximum atomic E-state index is 5.99. The molecule has 0 atom stereocenters. The molecule has 2 heterocycles. The minimum atomic E-state index is 0.697. The third kappa shape index (κ3) is 1.35. The number of rotatable bonds is 1. The molecule has 0 aliphatic carbocycles. The molecule has 0 aliphatic heterocycles. The zero-order valence-corrected chi connectivity index (χ0v) is 9.24. The van der Waals surface area contributed by atoms with Crippen LogP contribution in [-0.2, 0) is 0 Å². The van der Waals surface area contributed by atoms with Gasteiger partial charge >= 0.3 is 0 Å². The number of para-hydroxylation sites is 1. The molecule has 0 bridgehead atoms. The smallest absolute Gasteiger partial charge is 0.0797 e. The van der Waals surface area contributed by atoms with E-state index in [4.69, 9.17) is 5.73 Å². The van der Waals surface area contributed by atoms with E-state index < -0.39 is 0 Å². The lowest BCUT2D eigenvalue weighted by Crippen LogP contribution is -1.92. The number of hydrogen-bond donors (Lipinski definition) is 1. The first kappa shape index (κ1) is 9.30. The number of benzene rings is 1. The van der Waals surface area contributed by atoms with Gasteiger partial charge in [-0.1, -0.05) is 18.2 Å². The number of aromatic nitrogens is 2. The van der Waals surface area contributed by atoms with E-state index in [1.54, 1.807) is 17.5 Å². The Kier molecular flexibility index (Phi) is 2.08. The molecule has 0 radical (unpaired) electrons. The van der Waals surface area contributed by atoms with Gasteiger partial charge in [0.05, 0.1) is 27.8 Å². The number of pyridine rings is 1. The van der Waals surface area contributed by atoms with Crippen molar-refractivity contribution in [3.05, 3.63) is 42.2 Å². The van der Waals surface area contributed by atoms with E-state index in [1.807, 2.05) is 36.0 Å². The van der Waals surface area contributed by atoms with Crippen LogP contribution < -0.4 is 5.73 Å². The summed E-state index contributed by atoms with van der Waals surface area (Å²) in [5, 5.41) is 1.08. The molecule has 1 aromatic carbocycles. The largest absolute Gasteiger partial charge is 0.397 e. The summed E-state index contributed by atoms with van der Waals surface area (Å²) in [4.78, 5) is 9.48. The lowest BCUT2D eigenvalue weighted by atomic mass is 10.1. The van der Waals surface area contributed by atoms with Crippen LogP contribution in [0.2, 0.25) is 0 Å². The van der Waals surface area contributed by atoms with Crippen LogP contribution >= 0.6 is 11.3 Å². The van der Waals surface area contributed by atoms with Crippen molar-refractivity contribution >= 4 is 27.9 Å². The third-order valence-electron chi connectivity index (χ3n) is 2.48. The zero-order valence-electron chi connectivity index (χ0n) is 8.42. The molecule has 0 saturated carbocycles. The van der Waals surface area contributed by atoms with Gasteiger partial charge in [-0.3, -0.25) is 9.97 Å². The van der Waals surface area contributed by atoms with Crippen molar-refractivity contribution in [2.24, 2.45) is 0 Å². The summed E-state index contributed by atoms with van der Waals surface area (Å²) < 4.78 is 0. The highest BCUT2D eigenvalue weighted by molar-refractivity contribution is 7.13. The van der Waals surface area contributed by atoms with Crippen LogP contribution in [0.3, 0.4) is 0 Å². The maximum Gasteiger partial charge on any atom is 0.0797 e. The van der Waals surface area contributed by atoms with Crippen molar-refractivity contribution < 1.29 is 0 Å². The Hall–Kier alpha value is -1.94. The molecule has 3 rings (SSSR count). The quantitative estimate of drug-likeness (QED) is 0.695. The van der Waals surface area contributed by atoms with Crippen LogP contribution in [-0.4, -0.2) is 9.97 Å². The van der Waals surface area contributed by atoms with E-state index in [0.29, 0.717) is 5.69 Å². The van der Waals surface area contributed by atoms with E-state index in [2.05, 4.69) is 9.97 Å². The van der Waals surface area contributed by atoms with Crippen LogP contribution in [0.15, 0.2) is 42.2 Å². The molecule has 0 amide bonds. The number of nitrogens with two attached hydrogens (primary N) is 1. The van der Waals surface area contributed by atoms with Gasteiger partial charge in [0.2, 0.25) is 0 Å². The topological polar surface area (TPSA) is 51.8 Å². The van der Waals surface area contributed by atoms with Crippen LogP contribution in [0.25, 0.3) is 21.3 Å². The normalized spacial score (nSPS) is 10.8. The Morgan fingerprint density at radius 3 is 2.81 bits per heavy atom. The van der Waals surface area contributed by atoms with Crippen molar-refractivity contribution in [1.29, 1.82) is 0 Å². The van der Waals surface area contributed by atoms with Gasteiger partial charge in [-0.25, -0.2) is 0 Å². The number of anilines is 1. The fourth-order valence-electron chi connectivity index (χ4n) is 1.77. The first-order chi connectivity index (χ1) is 7.86. The zero-order chi connectivity index (χ0) is 11.0. The summed E-state index contributed by atoms with van der Waals surface area (Å²) in [7, 11) is 0. The second kappa shape index (κ2) is 3.57. The van der Waals surface area contributed by atoms with E-state index in [0.717, 1.165) is 21.3 Å². The predicted octanol–water partition coefficient (Wildman–Crippen LogP) is 2.94. The van der Waals surface area contributed by atoms with E-state index in [9.17, 15) is 0 Å². The first-order valence-corrected chi connectivity index (χ1v) is 5.76. The van der Waals surface area contributed by atoms with Crippen molar-refractivity contribution in [3.8, 4) is 10.4 Å². The molecule has 2 aromatic heterocycles. The second-order valence-electron chi connectivity index (χ2n) is 3.47. The molecule has 3 aromatic rings. The monoisotopic (exact) mass is 227 g/mol. The minimum Gasteiger partial charge on any atom is -0.397 e. The average Bonchev–Trinajstić information content (AvgIpc) is 2.82. The molecular weight excluding hydrogens is 218 g/mol. The number of fused-ring (bicyclic) bond motifs is 1. The van der Waals surface area contributed by atoms with E-state index >= 15 is 0 Å². The fraction of sp³-hybridized carbons (Fsp3) is 0. The second-order valence-corrected chi connectivity index (χ2v) is 4.36. The molecule has 0 saturated heterocycles. The highest BCUT2D eigenvalue weighted by Gasteiger charge is 2.09. The molecule has 0 spiro atoms. The van der Waals surface area contributed by atoms with Gasteiger partial charge in [0, 0.05) is 17.1 Å². The van der Waals surface area contributed by atoms with Crippen LogP contribution in [0.5, 0.6) is 0 Å². The highest BCUT2D eigenvalue weighted by atomic mass is 32.1. The van der Waals surface area contributed by atoms with E-state index in [-0.39, 0.29) is 0 Å². The predicted molar refractivity (Wildman–Crippen MR) is 67.3 cm³/mol. The van der Waals surface area contributed by atoms with Gasteiger partial charge in [-0.15, -0.1) is 11.3 Å². The Morgan fingerprint density at radius 1 is 1.12 bits per heavy atom. The van der Waals surface area contributed by atoms with Gasteiger partial charge in [0.25, 0.3) is 0 Å². The van der Waals surface area contributed by atoms with Gasteiger partial charge in [-0.05, 0) is 6.07 Å². The Balaban J connectivity index is 2.42. The minimum absolute atomic E-state index is 0.697. The molecule has 0 aliphatic rings. The molecule has 0 fully saturated rings. The van der Waals surface area contributed by atoms with Gasteiger partial charge in [0.15, 0.2) is 0 Å². The molecule has 78 valence electrons. The van der Waals surface area contributed by atoms with Gasteiger partial charge in [-0.2, -0.15) is 0 Å². The first-order valence-electron chi connectivity index (χ1n) is 4.88. The summed E-state index contributed by atoms with van der Waals surface area (Å²) >= 11 is 1.59. The van der Waals surface area contributed by atoms with Crippen LogP contribution in [0.1, 0.15) is 0 Å². The van der Waals surface area contributed by atoms with Gasteiger partial charge in [0.1, 0.15) is 0 Å². The fourth-order valence-corrected chi connectivity index (χ4v) is 2.47. The Morgan fingerprint density at radius 2 is 2.00 bits per heavy atom. The summed E-state index contributed by atoms with van der Waals surface area (Å²) in [6, 6.07) is 7.99. The Bertz CT molecular complexity index is 632. The SMILES string of the molecule is Nc1cnc2ccccc2c1-c1cncs1. The summed E-state index contributed by atoms with van der Waals surface area (Å²) in [5.74, 6) is 0. The maximum absolute atomic E-state index is 5.99. The summed E-state index contributed by atoms with van der Waals surface area (Å²) in [6.07, 6.45) is 3.54. The number of thiazole rings is 1. The van der Waals surface area contributed by atoms with E-state index in [1.165, 1.54) is 0 Å². The lowest BCUT2D eigenvalue weighted by molar-refractivity contribution is 1.40.